The van der Waals surface area contributed by atoms with Crippen molar-refractivity contribution in [2.75, 3.05) is 26.2 Å². The number of nitrogens with one attached hydrogen (secondary N) is 1. The molecule has 32 heavy (non-hydrogen) atoms. The van der Waals surface area contributed by atoms with Gasteiger partial charge in [-0.25, -0.2) is 4.79 Å². The van der Waals surface area contributed by atoms with Gasteiger partial charge in [-0.3, -0.25) is 19.3 Å². The van der Waals surface area contributed by atoms with E-state index in [2.05, 4.69) is 5.32 Å². The molecule has 3 saturated heterocycles. The Morgan fingerprint density at radius 3 is 2.31 bits per heavy atom. The van der Waals surface area contributed by atoms with Crippen LogP contribution in [0.1, 0.15) is 78.1 Å². The van der Waals surface area contributed by atoms with Crippen LogP contribution in [0.25, 0.3) is 0 Å². The minimum Gasteiger partial charge on any atom is -0.342 e. The summed E-state index contributed by atoms with van der Waals surface area (Å²) in [7, 11) is 0. The number of likely N-dealkylation sites (tertiary alicyclic amines) is 2. The number of rotatable bonds is 4. The van der Waals surface area contributed by atoms with Crippen LogP contribution in [0.5, 0.6) is 0 Å². The molecule has 0 aromatic heterocycles. The van der Waals surface area contributed by atoms with E-state index in [0.717, 1.165) is 25.7 Å². The lowest BCUT2D eigenvalue weighted by Gasteiger charge is -2.39. The van der Waals surface area contributed by atoms with Crippen LogP contribution in [0.4, 0.5) is 4.79 Å². The van der Waals surface area contributed by atoms with Crippen molar-refractivity contribution in [3.63, 3.8) is 0 Å². The van der Waals surface area contributed by atoms with Crippen molar-refractivity contribution >= 4 is 23.8 Å². The Morgan fingerprint density at radius 1 is 0.969 bits per heavy atom. The number of carbonyl (C=O) groups excluding carboxylic acids is 4. The van der Waals surface area contributed by atoms with Crippen LogP contribution < -0.4 is 5.32 Å². The minimum absolute atomic E-state index is 0.0752. The molecule has 1 spiro atoms. The second-order valence-electron chi connectivity index (χ2n) is 10.5. The fourth-order valence-electron chi connectivity index (χ4n) is 5.94. The molecular weight excluding hydrogens is 408 g/mol. The molecule has 0 radical (unpaired) electrons. The molecule has 178 valence electrons. The van der Waals surface area contributed by atoms with Gasteiger partial charge in [0, 0.05) is 38.5 Å². The summed E-state index contributed by atoms with van der Waals surface area (Å²) in [5.74, 6) is 0.492. The van der Waals surface area contributed by atoms with Crippen LogP contribution in [-0.2, 0) is 14.4 Å². The highest BCUT2D eigenvalue weighted by atomic mass is 16.2. The Bertz CT molecular complexity index is 753. The SMILES string of the molecule is CC(C)C(=O)N1CCC2(CC1)NC(=O)N([C@@H]1CCCN(C(=O)CC3CCCCC3)C1)C2=O. The fraction of sp³-hybridized carbons (Fsp3) is 0.833. The highest BCUT2D eigenvalue weighted by molar-refractivity contribution is 6.07. The number of carbonyl (C=O) groups is 4. The molecule has 3 heterocycles. The van der Waals surface area contributed by atoms with Gasteiger partial charge in [0.05, 0.1) is 6.04 Å². The van der Waals surface area contributed by atoms with Crippen LogP contribution in [0.3, 0.4) is 0 Å². The van der Waals surface area contributed by atoms with E-state index in [0.29, 0.717) is 51.4 Å². The van der Waals surface area contributed by atoms with Crippen LogP contribution in [0, 0.1) is 11.8 Å². The molecule has 4 rings (SSSR count). The quantitative estimate of drug-likeness (QED) is 0.672. The maximum atomic E-state index is 13.4. The molecule has 1 N–H and O–H groups in total. The molecule has 0 aromatic carbocycles. The summed E-state index contributed by atoms with van der Waals surface area (Å²) in [6, 6.07) is -0.605. The van der Waals surface area contributed by atoms with Gasteiger partial charge in [0.15, 0.2) is 0 Å². The summed E-state index contributed by atoms with van der Waals surface area (Å²) < 4.78 is 0. The molecular formula is C24H38N4O4. The zero-order valence-electron chi connectivity index (χ0n) is 19.6. The number of hydrogen-bond acceptors (Lipinski definition) is 4. The van der Waals surface area contributed by atoms with Crippen LogP contribution in [0.2, 0.25) is 0 Å². The van der Waals surface area contributed by atoms with Crippen molar-refractivity contribution < 1.29 is 19.2 Å². The van der Waals surface area contributed by atoms with Crippen molar-refractivity contribution in [1.29, 1.82) is 0 Å². The number of amides is 5. The van der Waals surface area contributed by atoms with E-state index < -0.39 is 5.54 Å². The number of nitrogens with zero attached hydrogens (tertiary/aromatic N) is 3. The third kappa shape index (κ3) is 4.50. The second kappa shape index (κ2) is 9.40. The van der Waals surface area contributed by atoms with E-state index in [4.69, 9.17) is 0 Å². The van der Waals surface area contributed by atoms with E-state index in [9.17, 15) is 19.2 Å². The van der Waals surface area contributed by atoms with Gasteiger partial charge < -0.3 is 15.1 Å². The normalized spacial score (nSPS) is 26.7. The highest BCUT2D eigenvalue weighted by Crippen LogP contribution is 2.33. The average Bonchev–Trinajstić information content (AvgIpc) is 3.03. The first-order valence-corrected chi connectivity index (χ1v) is 12.5. The van der Waals surface area contributed by atoms with Gasteiger partial charge in [-0.1, -0.05) is 33.1 Å². The smallest absolute Gasteiger partial charge is 0.325 e. The fourth-order valence-corrected chi connectivity index (χ4v) is 5.94. The Morgan fingerprint density at radius 2 is 1.66 bits per heavy atom. The van der Waals surface area contributed by atoms with Gasteiger partial charge in [-0.2, -0.15) is 0 Å². The van der Waals surface area contributed by atoms with Crippen molar-refractivity contribution in [3.8, 4) is 0 Å². The third-order valence-corrected chi connectivity index (χ3v) is 7.92. The number of hydrogen-bond donors (Lipinski definition) is 1. The lowest BCUT2D eigenvalue weighted by Crippen LogP contribution is -2.57. The largest absolute Gasteiger partial charge is 0.342 e. The zero-order valence-corrected chi connectivity index (χ0v) is 19.6. The number of urea groups is 1. The van der Waals surface area contributed by atoms with Crippen molar-refractivity contribution in [2.45, 2.75) is 89.6 Å². The van der Waals surface area contributed by atoms with Gasteiger partial charge in [0.2, 0.25) is 11.8 Å². The Balaban J connectivity index is 1.37. The molecule has 4 fully saturated rings. The van der Waals surface area contributed by atoms with Gasteiger partial charge >= 0.3 is 6.03 Å². The summed E-state index contributed by atoms with van der Waals surface area (Å²) in [6.45, 7) is 5.87. The molecule has 8 heteroatoms. The summed E-state index contributed by atoms with van der Waals surface area (Å²) >= 11 is 0. The van der Waals surface area contributed by atoms with E-state index in [1.807, 2.05) is 18.7 Å². The summed E-state index contributed by atoms with van der Waals surface area (Å²) in [4.78, 5) is 56.6. The first-order chi connectivity index (χ1) is 15.3. The van der Waals surface area contributed by atoms with E-state index in [1.165, 1.54) is 24.2 Å². The Kier molecular flexibility index (Phi) is 6.77. The third-order valence-electron chi connectivity index (χ3n) is 7.92. The highest BCUT2D eigenvalue weighted by Gasteiger charge is 2.55. The molecule has 3 aliphatic heterocycles. The second-order valence-corrected chi connectivity index (χ2v) is 10.5. The van der Waals surface area contributed by atoms with E-state index >= 15 is 0 Å². The lowest BCUT2D eigenvalue weighted by molar-refractivity contribution is -0.142. The Labute approximate surface area is 191 Å². The maximum Gasteiger partial charge on any atom is 0.325 e. The Hall–Kier alpha value is -2.12. The van der Waals surface area contributed by atoms with Gasteiger partial charge in [-0.05, 0) is 44.4 Å². The number of imide groups is 1. The molecule has 0 unspecified atom stereocenters. The minimum atomic E-state index is -0.904. The molecule has 8 nitrogen and oxygen atoms in total. The summed E-state index contributed by atoms with van der Waals surface area (Å²) in [5, 5.41) is 2.96. The summed E-state index contributed by atoms with van der Waals surface area (Å²) in [6.07, 6.45) is 9.00. The molecule has 5 amide bonds. The molecule has 0 aromatic rings. The van der Waals surface area contributed by atoms with Crippen molar-refractivity contribution in [3.05, 3.63) is 0 Å². The van der Waals surface area contributed by atoms with Crippen molar-refractivity contribution in [1.82, 2.24) is 20.0 Å². The average molecular weight is 447 g/mol. The van der Waals surface area contributed by atoms with E-state index in [1.54, 1.807) is 4.90 Å². The molecule has 1 atom stereocenters. The monoisotopic (exact) mass is 446 g/mol. The maximum absolute atomic E-state index is 13.4. The van der Waals surface area contributed by atoms with Gasteiger partial charge in [-0.15, -0.1) is 0 Å². The van der Waals surface area contributed by atoms with Crippen molar-refractivity contribution in [2.24, 2.45) is 11.8 Å². The first-order valence-electron chi connectivity index (χ1n) is 12.5. The molecule has 4 aliphatic rings. The predicted octanol–water partition coefficient (Wildman–Crippen LogP) is 2.52. The lowest BCUT2D eigenvalue weighted by atomic mass is 9.86. The van der Waals surface area contributed by atoms with Crippen LogP contribution >= 0.6 is 0 Å². The first kappa shape index (κ1) is 23.1. The topological polar surface area (TPSA) is 90.0 Å². The van der Waals surface area contributed by atoms with Gasteiger partial charge in [0.25, 0.3) is 5.91 Å². The summed E-state index contributed by atoms with van der Waals surface area (Å²) in [5.41, 5.74) is -0.904. The van der Waals surface area contributed by atoms with Crippen LogP contribution in [-0.4, -0.2) is 76.2 Å². The molecule has 1 aliphatic carbocycles. The molecule has 1 saturated carbocycles. The standard InChI is InChI=1S/C24H38N4O4/c1-17(2)21(30)26-13-10-24(11-14-26)22(31)28(23(32)25-24)19-9-6-12-27(16-19)20(29)15-18-7-4-3-5-8-18/h17-19H,3-16H2,1-2H3,(H,25,32)/t19-/m1/s1. The number of piperidine rings is 2. The molecule has 0 bridgehead atoms. The predicted molar refractivity (Wildman–Crippen MR) is 120 cm³/mol. The van der Waals surface area contributed by atoms with Gasteiger partial charge in [0.1, 0.15) is 5.54 Å². The zero-order chi connectivity index (χ0) is 22.9. The van der Waals surface area contributed by atoms with Crippen LogP contribution in [0.15, 0.2) is 0 Å². The van der Waals surface area contributed by atoms with E-state index in [-0.39, 0.29) is 35.7 Å².